The van der Waals surface area contributed by atoms with Gasteiger partial charge in [-0.3, -0.25) is 4.79 Å². The predicted molar refractivity (Wildman–Crippen MR) is 86.3 cm³/mol. The molecule has 0 unspecified atom stereocenters. The Morgan fingerprint density at radius 3 is 2.88 bits per heavy atom. The number of likely N-dealkylation sites (tertiary alicyclic amines) is 1. The molecule has 1 saturated heterocycles. The van der Waals surface area contributed by atoms with E-state index in [4.69, 9.17) is 8.83 Å². The summed E-state index contributed by atoms with van der Waals surface area (Å²) in [7, 11) is 0. The van der Waals surface area contributed by atoms with Crippen LogP contribution in [0.25, 0.3) is 11.5 Å². The van der Waals surface area contributed by atoms with Crippen molar-refractivity contribution in [2.75, 3.05) is 13.1 Å². The van der Waals surface area contributed by atoms with Crippen LogP contribution in [-0.4, -0.2) is 34.1 Å². The largest absolute Gasteiger partial charge is 0.459 e. The van der Waals surface area contributed by atoms with Crippen molar-refractivity contribution in [3.05, 3.63) is 60.1 Å². The number of benzene rings is 1. The molecule has 128 valence electrons. The minimum atomic E-state index is -0.407. The zero-order valence-electron chi connectivity index (χ0n) is 13.4. The number of rotatable bonds is 3. The van der Waals surface area contributed by atoms with Crippen molar-refractivity contribution in [1.82, 2.24) is 15.1 Å². The summed E-state index contributed by atoms with van der Waals surface area (Å²) in [5.74, 6) is 0.274. The molecule has 3 heterocycles. The van der Waals surface area contributed by atoms with Crippen LogP contribution in [0, 0.1) is 5.82 Å². The molecule has 1 aromatic carbocycles. The number of halogens is 1. The number of aromatic nitrogens is 2. The Labute approximate surface area is 143 Å². The van der Waals surface area contributed by atoms with Crippen molar-refractivity contribution < 1.29 is 18.0 Å². The van der Waals surface area contributed by atoms with Gasteiger partial charge in [0.25, 0.3) is 11.8 Å². The van der Waals surface area contributed by atoms with Crippen LogP contribution < -0.4 is 0 Å². The number of carbonyl (C=O) groups is 1. The molecule has 1 fully saturated rings. The Kier molecular flexibility index (Phi) is 4.05. The van der Waals surface area contributed by atoms with E-state index in [0.29, 0.717) is 24.7 Å². The first-order chi connectivity index (χ1) is 12.2. The summed E-state index contributed by atoms with van der Waals surface area (Å²) in [6.07, 6.45) is 3.14. The van der Waals surface area contributed by atoms with Crippen molar-refractivity contribution in [3.8, 4) is 11.5 Å². The monoisotopic (exact) mass is 341 g/mol. The molecule has 4 rings (SSSR count). The van der Waals surface area contributed by atoms with Gasteiger partial charge in [-0.25, -0.2) is 4.39 Å². The lowest BCUT2D eigenvalue weighted by Gasteiger charge is -2.30. The Balaban J connectivity index is 1.52. The molecule has 6 nitrogen and oxygen atoms in total. The Bertz CT molecular complexity index is 875. The van der Waals surface area contributed by atoms with E-state index < -0.39 is 5.82 Å². The minimum absolute atomic E-state index is 0.0688. The molecule has 2 aromatic heterocycles. The average Bonchev–Trinajstić information content (AvgIpc) is 3.34. The van der Waals surface area contributed by atoms with Crippen molar-refractivity contribution in [3.63, 3.8) is 0 Å². The normalized spacial score (nSPS) is 17.6. The maximum absolute atomic E-state index is 13.9. The first-order valence-electron chi connectivity index (χ1n) is 8.13. The molecule has 7 heteroatoms. The van der Waals surface area contributed by atoms with Gasteiger partial charge in [0.1, 0.15) is 5.82 Å². The van der Waals surface area contributed by atoms with Crippen LogP contribution in [0.15, 0.2) is 51.5 Å². The van der Waals surface area contributed by atoms with Gasteiger partial charge in [-0.05, 0) is 37.1 Å². The number of amides is 1. The quantitative estimate of drug-likeness (QED) is 0.729. The lowest BCUT2D eigenvalue weighted by atomic mass is 9.98. The van der Waals surface area contributed by atoms with Gasteiger partial charge in [0.15, 0.2) is 5.76 Å². The molecule has 0 bridgehead atoms. The molecule has 1 amide bonds. The highest BCUT2D eigenvalue weighted by molar-refractivity contribution is 5.91. The standard InChI is InChI=1S/C18H16FN3O3/c19-14-7-2-1-6-13(14)17-21-20-16(25-17)12-5-3-9-22(11-12)18(23)15-8-4-10-24-15/h1-2,4,6-8,10,12H,3,5,9,11H2/t12-/m1/s1. The van der Waals surface area contributed by atoms with Crippen molar-refractivity contribution in [1.29, 1.82) is 0 Å². The van der Waals surface area contributed by atoms with Crippen LogP contribution in [0.1, 0.15) is 35.2 Å². The third kappa shape index (κ3) is 3.05. The van der Waals surface area contributed by atoms with Gasteiger partial charge < -0.3 is 13.7 Å². The van der Waals surface area contributed by atoms with E-state index in [9.17, 15) is 9.18 Å². The number of hydrogen-bond donors (Lipinski definition) is 0. The molecule has 25 heavy (non-hydrogen) atoms. The van der Waals surface area contributed by atoms with Crippen LogP contribution in [0.3, 0.4) is 0 Å². The first kappa shape index (κ1) is 15.6. The molecule has 3 aromatic rings. The summed E-state index contributed by atoms with van der Waals surface area (Å²) in [6, 6.07) is 9.61. The second-order valence-electron chi connectivity index (χ2n) is 5.99. The fourth-order valence-corrected chi connectivity index (χ4v) is 3.06. The SMILES string of the molecule is O=C(c1ccco1)N1CCC[C@@H](c2nnc(-c3ccccc3F)o2)C1. The molecule has 1 aliphatic heterocycles. The maximum Gasteiger partial charge on any atom is 0.289 e. The molecule has 1 aliphatic rings. The lowest BCUT2D eigenvalue weighted by molar-refractivity contribution is 0.0666. The summed E-state index contributed by atoms with van der Waals surface area (Å²) in [6.45, 7) is 1.13. The number of piperidine rings is 1. The van der Waals surface area contributed by atoms with E-state index >= 15 is 0 Å². The highest BCUT2D eigenvalue weighted by Gasteiger charge is 2.30. The highest BCUT2D eigenvalue weighted by Crippen LogP contribution is 2.29. The number of furan rings is 1. The fraction of sp³-hybridized carbons (Fsp3) is 0.278. The summed E-state index contributed by atoms with van der Waals surface area (Å²) in [5.41, 5.74) is 0.278. The minimum Gasteiger partial charge on any atom is -0.459 e. The molecule has 1 atom stereocenters. The van der Waals surface area contributed by atoms with Crippen LogP contribution in [-0.2, 0) is 0 Å². The maximum atomic E-state index is 13.9. The van der Waals surface area contributed by atoms with E-state index in [-0.39, 0.29) is 23.3 Å². The average molecular weight is 341 g/mol. The van der Waals surface area contributed by atoms with Gasteiger partial charge in [-0.2, -0.15) is 0 Å². The van der Waals surface area contributed by atoms with Gasteiger partial charge in [0, 0.05) is 13.1 Å². The van der Waals surface area contributed by atoms with E-state index in [1.165, 1.54) is 12.3 Å². The summed E-state index contributed by atoms with van der Waals surface area (Å²) in [4.78, 5) is 14.1. The molecule has 0 aliphatic carbocycles. The van der Waals surface area contributed by atoms with Crippen molar-refractivity contribution in [2.24, 2.45) is 0 Å². The van der Waals surface area contributed by atoms with Crippen LogP contribution in [0.5, 0.6) is 0 Å². The zero-order valence-corrected chi connectivity index (χ0v) is 13.4. The van der Waals surface area contributed by atoms with Crippen molar-refractivity contribution >= 4 is 5.91 Å². The smallest absolute Gasteiger partial charge is 0.289 e. The van der Waals surface area contributed by atoms with Gasteiger partial charge >= 0.3 is 0 Å². The van der Waals surface area contributed by atoms with E-state index in [0.717, 1.165) is 12.8 Å². The second kappa shape index (κ2) is 6.51. The van der Waals surface area contributed by atoms with Gasteiger partial charge in [-0.15, -0.1) is 10.2 Å². The topological polar surface area (TPSA) is 72.4 Å². The summed E-state index contributed by atoms with van der Waals surface area (Å²) >= 11 is 0. The molecular formula is C18H16FN3O3. The Morgan fingerprint density at radius 1 is 1.20 bits per heavy atom. The van der Waals surface area contributed by atoms with Gasteiger partial charge in [0.2, 0.25) is 5.89 Å². The zero-order chi connectivity index (χ0) is 17.2. The Morgan fingerprint density at radius 2 is 2.08 bits per heavy atom. The number of carbonyl (C=O) groups excluding carboxylic acids is 1. The molecule has 0 N–H and O–H groups in total. The molecule has 0 radical (unpaired) electrons. The Hall–Kier alpha value is -2.96. The molecule has 0 spiro atoms. The van der Waals surface area contributed by atoms with Gasteiger partial charge in [0.05, 0.1) is 17.7 Å². The predicted octanol–water partition coefficient (Wildman–Crippen LogP) is 3.49. The fourth-order valence-electron chi connectivity index (χ4n) is 3.06. The van der Waals surface area contributed by atoms with Crippen molar-refractivity contribution in [2.45, 2.75) is 18.8 Å². The molecular weight excluding hydrogens is 325 g/mol. The van der Waals surface area contributed by atoms with Crippen LogP contribution in [0.4, 0.5) is 4.39 Å². The van der Waals surface area contributed by atoms with E-state index in [1.807, 2.05) is 0 Å². The third-order valence-electron chi connectivity index (χ3n) is 4.33. The number of hydrogen-bond acceptors (Lipinski definition) is 5. The van der Waals surface area contributed by atoms with Crippen LogP contribution >= 0.6 is 0 Å². The van der Waals surface area contributed by atoms with Gasteiger partial charge in [-0.1, -0.05) is 12.1 Å². The lowest BCUT2D eigenvalue weighted by Crippen LogP contribution is -2.39. The second-order valence-corrected chi connectivity index (χ2v) is 5.99. The van der Waals surface area contributed by atoms with E-state index in [1.54, 1.807) is 35.2 Å². The van der Waals surface area contributed by atoms with Crippen LogP contribution in [0.2, 0.25) is 0 Å². The summed E-state index contributed by atoms with van der Waals surface area (Å²) < 4.78 is 24.7. The third-order valence-corrected chi connectivity index (χ3v) is 4.33. The molecule has 0 saturated carbocycles. The van der Waals surface area contributed by atoms with E-state index in [2.05, 4.69) is 10.2 Å². The highest BCUT2D eigenvalue weighted by atomic mass is 19.1. The number of nitrogens with zero attached hydrogens (tertiary/aromatic N) is 3. The first-order valence-corrected chi connectivity index (χ1v) is 8.13. The summed E-state index contributed by atoms with van der Waals surface area (Å²) in [5, 5.41) is 8.03.